The average Bonchev–Trinajstić information content (AvgIpc) is 3.25. The number of carbonyl (C=O) groups excluding carboxylic acids is 1. The molecule has 0 spiro atoms. The molecule has 1 aromatic heterocycles. The van der Waals surface area contributed by atoms with E-state index in [0.717, 1.165) is 12.1 Å². The van der Waals surface area contributed by atoms with E-state index in [1.807, 2.05) is 10.6 Å². The van der Waals surface area contributed by atoms with Crippen molar-refractivity contribution in [3.8, 4) is 0 Å². The highest BCUT2D eigenvalue weighted by Gasteiger charge is 2.49. The SMILES string of the molecule is CCC1C2=C(N[C@@H]3c4cc5c(c(=O)n4CC13)COC(=O)[C@]5(O)CC)C(C)C=C2. The van der Waals surface area contributed by atoms with Gasteiger partial charge in [0.1, 0.15) is 6.61 Å². The van der Waals surface area contributed by atoms with Crippen LogP contribution in [0, 0.1) is 17.8 Å². The van der Waals surface area contributed by atoms with Crippen molar-refractivity contribution in [2.45, 2.75) is 58.4 Å². The fourth-order valence-electron chi connectivity index (χ4n) is 5.60. The molecular formula is C22H26N2O4. The molecule has 148 valence electrons. The molecule has 6 nitrogen and oxygen atoms in total. The number of esters is 1. The zero-order chi connectivity index (χ0) is 19.8. The average molecular weight is 382 g/mol. The normalized spacial score (nSPS) is 35.1. The van der Waals surface area contributed by atoms with E-state index in [9.17, 15) is 14.7 Å². The second kappa shape index (κ2) is 5.83. The summed E-state index contributed by atoms with van der Waals surface area (Å²) in [6.45, 7) is 6.70. The molecule has 4 aliphatic rings. The summed E-state index contributed by atoms with van der Waals surface area (Å²) in [6.07, 6.45) is 5.66. The number of allylic oxidation sites excluding steroid dienone is 3. The second-order valence-corrected chi connectivity index (χ2v) is 8.48. The van der Waals surface area contributed by atoms with E-state index in [1.165, 1.54) is 11.3 Å². The predicted molar refractivity (Wildman–Crippen MR) is 103 cm³/mol. The number of cyclic esters (lactones) is 1. The van der Waals surface area contributed by atoms with Gasteiger partial charge in [-0.05, 0) is 30.4 Å². The number of aromatic nitrogens is 1. The van der Waals surface area contributed by atoms with Gasteiger partial charge in [0.05, 0.1) is 11.6 Å². The van der Waals surface area contributed by atoms with Crippen LogP contribution in [-0.4, -0.2) is 15.6 Å². The molecule has 0 saturated heterocycles. The smallest absolute Gasteiger partial charge is 0.343 e. The van der Waals surface area contributed by atoms with E-state index in [1.54, 1.807) is 6.92 Å². The van der Waals surface area contributed by atoms with Crippen LogP contribution in [-0.2, 0) is 28.3 Å². The van der Waals surface area contributed by atoms with E-state index in [4.69, 9.17) is 4.74 Å². The lowest BCUT2D eigenvalue weighted by Gasteiger charge is -2.37. The Hall–Kier alpha value is -2.34. The van der Waals surface area contributed by atoms with Gasteiger partial charge in [-0.25, -0.2) is 4.79 Å². The molecule has 5 rings (SSSR count). The number of pyridine rings is 1. The Morgan fingerprint density at radius 1 is 1.36 bits per heavy atom. The number of ether oxygens (including phenoxy) is 1. The van der Waals surface area contributed by atoms with Gasteiger partial charge in [0, 0.05) is 35.3 Å². The van der Waals surface area contributed by atoms with E-state index < -0.39 is 11.6 Å². The molecule has 2 N–H and O–H groups in total. The maximum absolute atomic E-state index is 13.3. The summed E-state index contributed by atoms with van der Waals surface area (Å²) in [7, 11) is 0. The minimum atomic E-state index is -1.74. The summed E-state index contributed by atoms with van der Waals surface area (Å²) in [4.78, 5) is 25.6. The van der Waals surface area contributed by atoms with E-state index in [-0.39, 0.29) is 30.5 Å². The summed E-state index contributed by atoms with van der Waals surface area (Å²) in [5, 5.41) is 14.7. The molecule has 0 amide bonds. The molecule has 3 unspecified atom stereocenters. The van der Waals surface area contributed by atoms with Crippen LogP contribution in [0.1, 0.15) is 56.5 Å². The number of hydrogen-bond donors (Lipinski definition) is 2. The van der Waals surface area contributed by atoms with Gasteiger partial charge < -0.3 is 19.7 Å². The lowest BCUT2D eigenvalue weighted by molar-refractivity contribution is -0.172. The zero-order valence-corrected chi connectivity index (χ0v) is 16.5. The highest BCUT2D eigenvalue weighted by molar-refractivity contribution is 5.83. The van der Waals surface area contributed by atoms with Crippen LogP contribution < -0.4 is 10.9 Å². The molecule has 0 radical (unpaired) electrons. The van der Waals surface area contributed by atoms with E-state index in [0.29, 0.717) is 29.5 Å². The monoisotopic (exact) mass is 382 g/mol. The van der Waals surface area contributed by atoms with Crippen molar-refractivity contribution in [2.75, 3.05) is 0 Å². The first-order chi connectivity index (χ1) is 13.4. The molecule has 1 aliphatic carbocycles. The fraction of sp³-hybridized carbons (Fsp3) is 0.545. The van der Waals surface area contributed by atoms with Gasteiger partial charge in [-0.3, -0.25) is 4.79 Å². The summed E-state index contributed by atoms with van der Waals surface area (Å²) in [6, 6.07) is 1.90. The van der Waals surface area contributed by atoms with Gasteiger partial charge in [-0.1, -0.05) is 32.9 Å². The summed E-state index contributed by atoms with van der Waals surface area (Å²) < 4.78 is 6.98. The molecular weight excluding hydrogens is 356 g/mol. The molecule has 0 bridgehead atoms. The Morgan fingerprint density at radius 3 is 2.86 bits per heavy atom. The van der Waals surface area contributed by atoms with Crippen molar-refractivity contribution in [1.29, 1.82) is 0 Å². The quantitative estimate of drug-likeness (QED) is 0.767. The number of carbonyl (C=O) groups is 1. The topological polar surface area (TPSA) is 80.6 Å². The number of nitrogens with one attached hydrogen (secondary N) is 1. The van der Waals surface area contributed by atoms with E-state index >= 15 is 0 Å². The summed E-state index contributed by atoms with van der Waals surface area (Å²) in [5.41, 5.74) is 2.44. The Bertz CT molecular complexity index is 1000. The van der Waals surface area contributed by atoms with Crippen LogP contribution in [0.15, 0.2) is 34.3 Å². The molecule has 3 aliphatic heterocycles. The molecule has 6 heteroatoms. The van der Waals surface area contributed by atoms with Gasteiger partial charge in [0.15, 0.2) is 5.60 Å². The van der Waals surface area contributed by atoms with Crippen LogP contribution in [0.4, 0.5) is 0 Å². The zero-order valence-electron chi connectivity index (χ0n) is 16.5. The lowest BCUT2D eigenvalue weighted by atomic mass is 9.76. The number of aliphatic hydroxyl groups is 1. The highest BCUT2D eigenvalue weighted by atomic mass is 16.6. The molecule has 28 heavy (non-hydrogen) atoms. The number of hydrogen-bond acceptors (Lipinski definition) is 5. The van der Waals surface area contributed by atoms with Crippen LogP contribution >= 0.6 is 0 Å². The highest BCUT2D eigenvalue weighted by Crippen LogP contribution is 2.48. The Labute approximate surface area is 163 Å². The van der Waals surface area contributed by atoms with Crippen molar-refractivity contribution in [2.24, 2.45) is 17.8 Å². The van der Waals surface area contributed by atoms with Crippen LogP contribution in [0.3, 0.4) is 0 Å². The van der Waals surface area contributed by atoms with Crippen LogP contribution in [0.5, 0.6) is 0 Å². The number of rotatable bonds is 2. The standard InChI is InChI=1S/C22H26N2O4/c1-4-12-13-7-6-11(3)18(13)23-19-14(12)9-24-17(19)8-16-15(20(24)25)10-28-21(26)22(16,27)5-2/h6-8,11-12,14,19,23,27H,4-5,9-10H2,1-3H3/t11?,12?,14?,19-,22-/m0/s1. The molecule has 1 aromatic rings. The number of fused-ring (bicyclic) bond motifs is 4. The second-order valence-electron chi connectivity index (χ2n) is 8.48. The minimum absolute atomic E-state index is 0.0168. The number of nitrogens with zero attached hydrogens (tertiary/aromatic N) is 1. The van der Waals surface area contributed by atoms with Gasteiger partial charge in [0.2, 0.25) is 0 Å². The Balaban J connectivity index is 1.67. The van der Waals surface area contributed by atoms with Crippen molar-refractivity contribution < 1.29 is 14.6 Å². The first-order valence-corrected chi connectivity index (χ1v) is 10.3. The van der Waals surface area contributed by atoms with Crippen molar-refractivity contribution in [3.05, 3.63) is 56.7 Å². The third-order valence-electron chi connectivity index (χ3n) is 7.21. The first-order valence-electron chi connectivity index (χ1n) is 10.3. The Morgan fingerprint density at radius 2 is 2.14 bits per heavy atom. The first kappa shape index (κ1) is 17.7. The third-order valence-corrected chi connectivity index (χ3v) is 7.21. The van der Waals surface area contributed by atoms with Crippen LogP contribution in [0.2, 0.25) is 0 Å². The predicted octanol–water partition coefficient (Wildman–Crippen LogP) is 2.26. The molecule has 4 heterocycles. The molecule has 0 saturated carbocycles. The van der Waals surface area contributed by atoms with Gasteiger partial charge in [-0.15, -0.1) is 0 Å². The third kappa shape index (κ3) is 2.07. The maximum atomic E-state index is 13.3. The van der Waals surface area contributed by atoms with E-state index in [2.05, 4.69) is 31.3 Å². The van der Waals surface area contributed by atoms with Crippen molar-refractivity contribution in [1.82, 2.24) is 9.88 Å². The van der Waals surface area contributed by atoms with Gasteiger partial charge in [-0.2, -0.15) is 0 Å². The lowest BCUT2D eigenvalue weighted by Crippen LogP contribution is -2.44. The molecule has 5 atom stereocenters. The minimum Gasteiger partial charge on any atom is -0.458 e. The largest absolute Gasteiger partial charge is 0.458 e. The van der Waals surface area contributed by atoms with Gasteiger partial charge in [0.25, 0.3) is 5.56 Å². The Kier molecular flexibility index (Phi) is 3.69. The fourth-order valence-corrected chi connectivity index (χ4v) is 5.60. The summed E-state index contributed by atoms with van der Waals surface area (Å²) in [5.74, 6) is 0.345. The van der Waals surface area contributed by atoms with Crippen molar-refractivity contribution >= 4 is 5.97 Å². The molecule has 0 aromatic carbocycles. The van der Waals surface area contributed by atoms with Crippen molar-refractivity contribution in [3.63, 3.8) is 0 Å². The maximum Gasteiger partial charge on any atom is 0.343 e. The van der Waals surface area contributed by atoms with Crippen LogP contribution in [0.25, 0.3) is 0 Å². The summed E-state index contributed by atoms with van der Waals surface area (Å²) >= 11 is 0. The molecule has 0 fully saturated rings. The van der Waals surface area contributed by atoms with Gasteiger partial charge >= 0.3 is 5.97 Å².